The van der Waals surface area contributed by atoms with E-state index in [9.17, 15) is 0 Å². The predicted octanol–water partition coefficient (Wildman–Crippen LogP) is 1.01. The second kappa shape index (κ2) is 4.93. The van der Waals surface area contributed by atoms with E-state index in [0.29, 0.717) is 0 Å². The Balaban J connectivity index is 2.91. The van der Waals surface area contributed by atoms with Crippen LogP contribution in [0.2, 0.25) is 0 Å². The highest BCUT2D eigenvalue weighted by molar-refractivity contribution is 6.68. The summed E-state index contributed by atoms with van der Waals surface area (Å²) < 4.78 is 16.3. The summed E-state index contributed by atoms with van der Waals surface area (Å²) in [5.74, 6) is 0. The van der Waals surface area contributed by atoms with Gasteiger partial charge in [-0.3, -0.25) is 0 Å². The molecule has 0 aromatic rings. The quantitative estimate of drug-likeness (QED) is 0.658. The molecule has 1 aliphatic heterocycles. The molecule has 0 fully saturated rings. The van der Waals surface area contributed by atoms with E-state index in [4.69, 9.17) is 13.3 Å². The predicted molar refractivity (Wildman–Crippen MR) is 56.7 cm³/mol. The number of rotatable bonds is 4. The third-order valence-electron chi connectivity index (χ3n) is 2.57. The summed E-state index contributed by atoms with van der Waals surface area (Å²) in [6, 6.07) is 0. The van der Waals surface area contributed by atoms with Crippen molar-refractivity contribution in [2.24, 2.45) is 0 Å². The summed E-state index contributed by atoms with van der Waals surface area (Å²) in [5.41, 5.74) is 0. The van der Waals surface area contributed by atoms with E-state index in [1.54, 1.807) is 21.3 Å². The monoisotopic (exact) mass is 217 g/mol. The van der Waals surface area contributed by atoms with E-state index in [2.05, 4.69) is 11.0 Å². The van der Waals surface area contributed by atoms with Crippen LogP contribution in [0.4, 0.5) is 0 Å². The van der Waals surface area contributed by atoms with Crippen molar-refractivity contribution < 1.29 is 13.3 Å². The van der Waals surface area contributed by atoms with Crippen LogP contribution in [0.1, 0.15) is 12.8 Å². The van der Waals surface area contributed by atoms with Gasteiger partial charge in [0, 0.05) is 34.9 Å². The van der Waals surface area contributed by atoms with Crippen LogP contribution < -0.4 is 0 Å². The van der Waals surface area contributed by atoms with Crippen LogP contribution in [0, 0.1) is 0 Å². The molecule has 0 radical (unpaired) electrons. The number of hydrogen-bond acceptors (Lipinski definition) is 4. The Labute approximate surface area is 86.8 Å². The lowest BCUT2D eigenvalue weighted by Gasteiger charge is -2.35. The van der Waals surface area contributed by atoms with Crippen molar-refractivity contribution in [2.75, 3.05) is 34.9 Å². The lowest BCUT2D eigenvalue weighted by molar-refractivity contribution is 0.122. The van der Waals surface area contributed by atoms with Gasteiger partial charge < -0.3 is 18.2 Å². The number of hydrogen-bond donors (Lipinski definition) is 0. The van der Waals surface area contributed by atoms with Gasteiger partial charge in [0.25, 0.3) is 0 Å². The summed E-state index contributed by atoms with van der Waals surface area (Å²) >= 11 is 0. The molecule has 0 spiro atoms. The van der Waals surface area contributed by atoms with Gasteiger partial charge in [-0.05, 0) is 12.8 Å². The maximum atomic E-state index is 5.43. The zero-order chi connectivity index (χ0) is 10.6. The molecule has 0 saturated carbocycles. The Morgan fingerprint density at radius 1 is 1.21 bits per heavy atom. The van der Waals surface area contributed by atoms with Crippen molar-refractivity contribution in [3.8, 4) is 0 Å². The highest BCUT2D eigenvalue weighted by Crippen LogP contribution is 2.24. The van der Waals surface area contributed by atoms with Crippen molar-refractivity contribution >= 4 is 8.80 Å². The first-order valence-corrected chi connectivity index (χ1v) is 6.50. The SMILES string of the molecule is CO[Si](OC)(OC)C1=CCCCN1C. The summed E-state index contributed by atoms with van der Waals surface area (Å²) in [7, 11) is 4.38. The first kappa shape index (κ1) is 11.7. The summed E-state index contributed by atoms with van der Waals surface area (Å²) in [6.45, 7) is 1.04. The van der Waals surface area contributed by atoms with Crippen molar-refractivity contribution in [3.63, 3.8) is 0 Å². The van der Waals surface area contributed by atoms with Gasteiger partial charge in [0.05, 0.1) is 5.32 Å². The van der Waals surface area contributed by atoms with Gasteiger partial charge in [-0.25, -0.2) is 0 Å². The average molecular weight is 217 g/mol. The lowest BCUT2D eigenvalue weighted by Crippen LogP contribution is -2.51. The van der Waals surface area contributed by atoms with Crippen molar-refractivity contribution in [2.45, 2.75) is 12.8 Å². The van der Waals surface area contributed by atoms with Crippen molar-refractivity contribution in [1.29, 1.82) is 0 Å². The molecule has 0 saturated heterocycles. The minimum absolute atomic E-state index is 1.04. The van der Waals surface area contributed by atoms with E-state index >= 15 is 0 Å². The van der Waals surface area contributed by atoms with Crippen LogP contribution in [-0.4, -0.2) is 48.6 Å². The molecular formula is C9H19NO3Si. The van der Waals surface area contributed by atoms with Crippen LogP contribution in [0.3, 0.4) is 0 Å². The van der Waals surface area contributed by atoms with Crippen molar-refractivity contribution in [3.05, 3.63) is 11.4 Å². The zero-order valence-electron chi connectivity index (χ0n) is 9.37. The molecule has 14 heavy (non-hydrogen) atoms. The van der Waals surface area contributed by atoms with E-state index in [1.807, 2.05) is 7.05 Å². The third kappa shape index (κ3) is 2.00. The maximum absolute atomic E-state index is 5.43. The lowest BCUT2D eigenvalue weighted by atomic mass is 10.2. The van der Waals surface area contributed by atoms with Crippen LogP contribution in [0.5, 0.6) is 0 Å². The Kier molecular flexibility index (Phi) is 4.12. The fourth-order valence-electron chi connectivity index (χ4n) is 1.77. The van der Waals surface area contributed by atoms with Crippen LogP contribution >= 0.6 is 0 Å². The molecule has 0 atom stereocenters. The zero-order valence-corrected chi connectivity index (χ0v) is 10.4. The molecule has 0 N–H and O–H groups in total. The van der Waals surface area contributed by atoms with Crippen molar-refractivity contribution in [1.82, 2.24) is 4.90 Å². The molecule has 1 rings (SSSR count). The van der Waals surface area contributed by atoms with Gasteiger partial charge >= 0.3 is 8.80 Å². The summed E-state index contributed by atoms with van der Waals surface area (Å²) in [6.07, 6.45) is 4.42. The minimum atomic E-state index is -2.59. The fourth-order valence-corrected chi connectivity index (χ4v) is 3.87. The molecule has 0 amide bonds. The van der Waals surface area contributed by atoms with Crippen LogP contribution in [0.25, 0.3) is 0 Å². The van der Waals surface area contributed by atoms with Gasteiger partial charge in [-0.1, -0.05) is 6.08 Å². The molecule has 82 valence electrons. The normalized spacial score (nSPS) is 18.3. The third-order valence-corrected chi connectivity index (χ3v) is 5.39. The van der Waals surface area contributed by atoms with Gasteiger partial charge in [-0.2, -0.15) is 0 Å². The molecule has 4 nitrogen and oxygen atoms in total. The molecule has 0 bridgehead atoms. The van der Waals surface area contributed by atoms with E-state index in [0.717, 1.165) is 18.3 Å². The van der Waals surface area contributed by atoms with Crippen LogP contribution in [0.15, 0.2) is 11.4 Å². The van der Waals surface area contributed by atoms with Gasteiger partial charge in [0.15, 0.2) is 0 Å². The summed E-state index contributed by atoms with van der Waals surface area (Å²) in [4.78, 5) is 2.16. The molecule has 1 heterocycles. The molecule has 0 aromatic heterocycles. The molecular weight excluding hydrogens is 198 g/mol. The Morgan fingerprint density at radius 3 is 2.21 bits per heavy atom. The molecule has 5 heteroatoms. The smallest absolute Gasteiger partial charge is 0.376 e. The van der Waals surface area contributed by atoms with E-state index in [1.165, 1.54) is 6.42 Å². The molecule has 0 aromatic carbocycles. The number of nitrogens with zero attached hydrogens (tertiary/aromatic N) is 1. The van der Waals surface area contributed by atoms with Gasteiger partial charge in [0.1, 0.15) is 0 Å². The first-order valence-electron chi connectivity index (χ1n) is 4.77. The Hall–Kier alpha value is -0.363. The fraction of sp³-hybridized carbons (Fsp3) is 0.778. The topological polar surface area (TPSA) is 30.9 Å². The number of allylic oxidation sites excluding steroid dienone is 1. The Bertz CT molecular complexity index is 208. The molecule has 0 unspecified atom stereocenters. The van der Waals surface area contributed by atoms with E-state index < -0.39 is 8.80 Å². The molecule has 0 aliphatic carbocycles. The first-order chi connectivity index (χ1) is 6.70. The molecule has 1 aliphatic rings. The Morgan fingerprint density at radius 2 is 1.79 bits per heavy atom. The average Bonchev–Trinajstić information content (AvgIpc) is 2.24. The minimum Gasteiger partial charge on any atom is -0.376 e. The van der Waals surface area contributed by atoms with Crippen LogP contribution in [-0.2, 0) is 13.3 Å². The van der Waals surface area contributed by atoms with Gasteiger partial charge in [0.2, 0.25) is 0 Å². The standard InChI is InChI=1S/C9H19NO3Si/c1-10-8-6-5-7-9(10)14(11-2,12-3)13-4/h7H,5-6,8H2,1-4H3. The second-order valence-electron chi connectivity index (χ2n) is 3.32. The second-order valence-corrected chi connectivity index (χ2v) is 6.17. The van der Waals surface area contributed by atoms with Gasteiger partial charge in [-0.15, -0.1) is 0 Å². The summed E-state index contributed by atoms with van der Waals surface area (Å²) in [5, 5.41) is 1.08. The highest BCUT2D eigenvalue weighted by atomic mass is 28.4. The largest absolute Gasteiger partial charge is 0.552 e. The maximum Gasteiger partial charge on any atom is 0.552 e. The highest BCUT2D eigenvalue weighted by Gasteiger charge is 2.45. The van der Waals surface area contributed by atoms with E-state index in [-0.39, 0.29) is 0 Å².